The van der Waals surface area contributed by atoms with Gasteiger partial charge in [-0.05, 0) is 48.7 Å². The number of nitrogens with one attached hydrogen (secondary N) is 1. The molecule has 0 bridgehead atoms. The third-order valence-corrected chi connectivity index (χ3v) is 6.39. The van der Waals surface area contributed by atoms with E-state index in [0.717, 1.165) is 22.3 Å². The Labute approximate surface area is 203 Å². The second kappa shape index (κ2) is 9.18. The smallest absolute Gasteiger partial charge is 0.278 e. The molecule has 0 spiro atoms. The first kappa shape index (κ1) is 22.5. The van der Waals surface area contributed by atoms with Gasteiger partial charge in [-0.1, -0.05) is 48.5 Å². The Morgan fingerprint density at radius 1 is 1.03 bits per heavy atom. The predicted octanol–water partition coefficient (Wildman–Crippen LogP) is 4.28. The van der Waals surface area contributed by atoms with Crippen LogP contribution in [0.2, 0.25) is 0 Å². The van der Waals surface area contributed by atoms with Gasteiger partial charge in [-0.2, -0.15) is 0 Å². The number of nitrogens with zero attached hydrogens (tertiary/aromatic N) is 2. The summed E-state index contributed by atoms with van der Waals surface area (Å²) in [6.45, 7) is 4.35. The summed E-state index contributed by atoms with van der Waals surface area (Å²) in [5.74, 6) is 1.29. The van der Waals surface area contributed by atoms with E-state index in [4.69, 9.17) is 9.47 Å². The minimum absolute atomic E-state index is 0.0746. The Morgan fingerprint density at radius 2 is 1.83 bits per heavy atom. The molecule has 3 aromatic carbocycles. The van der Waals surface area contributed by atoms with Crippen LogP contribution >= 0.6 is 0 Å². The summed E-state index contributed by atoms with van der Waals surface area (Å²) in [5, 5.41) is 2.95. The normalized spacial score (nSPS) is 11.9. The molecule has 7 nitrogen and oxygen atoms in total. The van der Waals surface area contributed by atoms with E-state index in [2.05, 4.69) is 5.32 Å². The van der Waals surface area contributed by atoms with Gasteiger partial charge >= 0.3 is 0 Å². The van der Waals surface area contributed by atoms with E-state index >= 15 is 0 Å². The number of carbonyl (C=O) groups excluding carboxylic acids is 1. The fourth-order valence-electron chi connectivity index (χ4n) is 4.35. The Bertz CT molecular complexity index is 1470. The molecule has 7 heteroatoms. The van der Waals surface area contributed by atoms with Crippen molar-refractivity contribution in [2.75, 3.05) is 7.11 Å². The molecule has 0 atom stereocenters. The van der Waals surface area contributed by atoms with E-state index < -0.39 is 0 Å². The fraction of sp³-hybridized carbons (Fsp3) is 0.214. The van der Waals surface area contributed by atoms with Gasteiger partial charge in [0.1, 0.15) is 6.54 Å². The lowest BCUT2D eigenvalue weighted by Gasteiger charge is -2.21. The zero-order chi connectivity index (χ0) is 24.5. The molecule has 0 saturated heterocycles. The zero-order valence-corrected chi connectivity index (χ0v) is 20.0. The number of ether oxygens (including phenoxy) is 2. The number of aryl methyl sites for hydroxylation is 2. The van der Waals surface area contributed by atoms with Crippen LogP contribution in [0.5, 0.6) is 17.4 Å². The molecule has 0 radical (unpaired) electrons. The van der Waals surface area contributed by atoms with Crippen LogP contribution in [-0.2, 0) is 24.3 Å². The average molecular weight is 470 g/mol. The Balaban J connectivity index is 1.57. The molecule has 0 fully saturated rings. The molecule has 0 aliphatic carbocycles. The quantitative estimate of drug-likeness (QED) is 0.403. The highest BCUT2D eigenvalue weighted by Gasteiger charge is 2.30. The van der Waals surface area contributed by atoms with Crippen LogP contribution in [0.25, 0.3) is 5.69 Å². The van der Waals surface area contributed by atoms with Gasteiger partial charge in [0.25, 0.3) is 5.56 Å². The van der Waals surface area contributed by atoms with E-state index in [9.17, 15) is 9.59 Å². The SMILES string of the molecule is COc1cccc2c1Oc1c(c(=O)n(-c3ccc(C)c(C)c3)n1CC(=O)NCc1ccccc1)C2. The Morgan fingerprint density at radius 3 is 2.57 bits per heavy atom. The molecule has 1 aromatic heterocycles. The topological polar surface area (TPSA) is 74.5 Å². The lowest BCUT2D eigenvalue weighted by molar-refractivity contribution is -0.122. The number of amides is 1. The molecular weight excluding hydrogens is 442 g/mol. The van der Waals surface area contributed by atoms with Gasteiger partial charge in [0.15, 0.2) is 11.5 Å². The van der Waals surface area contributed by atoms with Crippen molar-refractivity contribution >= 4 is 5.91 Å². The molecule has 4 aromatic rings. The average Bonchev–Trinajstić information content (AvgIpc) is 3.13. The summed E-state index contributed by atoms with van der Waals surface area (Å²) >= 11 is 0. The summed E-state index contributed by atoms with van der Waals surface area (Å²) in [7, 11) is 1.58. The van der Waals surface area contributed by atoms with E-state index in [1.807, 2.05) is 80.6 Å². The van der Waals surface area contributed by atoms with Crippen LogP contribution in [0.15, 0.2) is 71.5 Å². The minimum Gasteiger partial charge on any atom is -0.493 e. The van der Waals surface area contributed by atoms with Gasteiger partial charge in [0, 0.05) is 18.5 Å². The first-order valence-corrected chi connectivity index (χ1v) is 11.5. The lowest BCUT2D eigenvalue weighted by atomic mass is 10.0. The van der Waals surface area contributed by atoms with Crippen molar-refractivity contribution in [1.29, 1.82) is 0 Å². The number of hydrogen-bond acceptors (Lipinski definition) is 4. The van der Waals surface area contributed by atoms with Crippen molar-refractivity contribution < 1.29 is 14.3 Å². The highest BCUT2D eigenvalue weighted by molar-refractivity contribution is 5.76. The molecule has 0 saturated carbocycles. The van der Waals surface area contributed by atoms with Crippen molar-refractivity contribution in [2.45, 2.75) is 33.4 Å². The summed E-state index contributed by atoms with van der Waals surface area (Å²) in [6.07, 6.45) is 0.393. The van der Waals surface area contributed by atoms with Crippen LogP contribution in [0.4, 0.5) is 0 Å². The maximum Gasteiger partial charge on any atom is 0.278 e. The number of rotatable bonds is 6. The largest absolute Gasteiger partial charge is 0.493 e. The number of carbonyl (C=O) groups is 1. The van der Waals surface area contributed by atoms with Crippen molar-refractivity contribution in [3.63, 3.8) is 0 Å². The number of aromatic nitrogens is 2. The van der Waals surface area contributed by atoms with Gasteiger partial charge in [0.2, 0.25) is 11.8 Å². The lowest BCUT2D eigenvalue weighted by Crippen LogP contribution is -2.31. The second-order valence-electron chi connectivity index (χ2n) is 8.72. The maximum absolute atomic E-state index is 13.7. The monoisotopic (exact) mass is 469 g/mol. The number of para-hydroxylation sites is 1. The first-order valence-electron chi connectivity index (χ1n) is 11.5. The van der Waals surface area contributed by atoms with E-state index in [-0.39, 0.29) is 18.0 Å². The van der Waals surface area contributed by atoms with E-state index in [1.54, 1.807) is 11.8 Å². The highest BCUT2D eigenvalue weighted by Crippen LogP contribution is 2.41. The van der Waals surface area contributed by atoms with Crippen LogP contribution in [-0.4, -0.2) is 22.4 Å². The molecular formula is C28H27N3O4. The van der Waals surface area contributed by atoms with E-state index in [1.165, 1.54) is 4.68 Å². The Kier molecular flexibility index (Phi) is 5.91. The molecule has 1 aliphatic rings. The second-order valence-corrected chi connectivity index (χ2v) is 8.72. The number of hydrogen-bond donors (Lipinski definition) is 1. The minimum atomic E-state index is -0.223. The molecule has 1 amide bonds. The third kappa shape index (κ3) is 4.21. The van der Waals surface area contributed by atoms with Gasteiger partial charge in [0.05, 0.1) is 18.4 Å². The highest BCUT2D eigenvalue weighted by atomic mass is 16.5. The molecule has 1 aliphatic heterocycles. The summed E-state index contributed by atoms with van der Waals surface area (Å²) in [5.41, 5.74) is 5.04. The van der Waals surface area contributed by atoms with Crippen molar-refractivity contribution in [2.24, 2.45) is 0 Å². The molecule has 5 rings (SSSR count). The van der Waals surface area contributed by atoms with Crippen LogP contribution < -0.4 is 20.3 Å². The van der Waals surface area contributed by atoms with Gasteiger partial charge < -0.3 is 14.8 Å². The fourth-order valence-corrected chi connectivity index (χ4v) is 4.35. The molecule has 1 N–H and O–H groups in total. The van der Waals surface area contributed by atoms with Crippen LogP contribution in [0.1, 0.15) is 27.8 Å². The van der Waals surface area contributed by atoms with Crippen LogP contribution in [0, 0.1) is 13.8 Å². The molecule has 0 unspecified atom stereocenters. The van der Waals surface area contributed by atoms with Gasteiger partial charge in [-0.25, -0.2) is 9.36 Å². The van der Waals surface area contributed by atoms with Crippen molar-refractivity contribution in [1.82, 2.24) is 14.7 Å². The maximum atomic E-state index is 13.7. The first-order chi connectivity index (χ1) is 17.0. The standard InChI is InChI=1S/C28H27N3O4/c1-18-12-13-22(14-19(18)2)31-27(33)23-15-21-10-7-11-24(34-3)26(21)35-28(23)30(31)17-25(32)29-16-20-8-5-4-6-9-20/h4-14H,15-17H2,1-3H3,(H,29,32). The number of methoxy groups -OCH3 is 1. The Hall–Kier alpha value is -4.26. The van der Waals surface area contributed by atoms with Crippen LogP contribution in [0.3, 0.4) is 0 Å². The van der Waals surface area contributed by atoms with Gasteiger partial charge in [-0.15, -0.1) is 0 Å². The number of fused-ring (bicyclic) bond motifs is 2. The van der Waals surface area contributed by atoms with Crippen molar-refractivity contribution in [3.05, 3.63) is 105 Å². The summed E-state index contributed by atoms with van der Waals surface area (Å²) < 4.78 is 14.9. The van der Waals surface area contributed by atoms with E-state index in [0.29, 0.717) is 41.6 Å². The molecule has 35 heavy (non-hydrogen) atoms. The molecule has 178 valence electrons. The number of benzene rings is 3. The third-order valence-electron chi connectivity index (χ3n) is 6.39. The summed E-state index contributed by atoms with van der Waals surface area (Å²) in [4.78, 5) is 26.7. The molecule has 2 heterocycles. The zero-order valence-electron chi connectivity index (χ0n) is 20.0. The summed E-state index contributed by atoms with van der Waals surface area (Å²) in [6, 6.07) is 21.1. The predicted molar refractivity (Wildman–Crippen MR) is 134 cm³/mol. The van der Waals surface area contributed by atoms with Gasteiger partial charge in [-0.3, -0.25) is 9.59 Å². The van der Waals surface area contributed by atoms with Crippen molar-refractivity contribution in [3.8, 4) is 23.1 Å².